The summed E-state index contributed by atoms with van der Waals surface area (Å²) in [4.78, 5) is 15.5. The molecule has 1 aromatic heterocycles. The van der Waals surface area contributed by atoms with E-state index in [2.05, 4.69) is 17.3 Å². The zero-order chi connectivity index (χ0) is 26.6. The third-order valence-electron chi connectivity index (χ3n) is 3.13. The van der Waals surface area contributed by atoms with E-state index in [-0.39, 0.29) is 17.3 Å². The first-order valence-corrected chi connectivity index (χ1v) is 10.5. The number of hydrogen-bond acceptors (Lipinski definition) is 4. The van der Waals surface area contributed by atoms with Crippen molar-refractivity contribution in [3.8, 4) is 22.9 Å². The maximum Gasteiger partial charge on any atom is 0.416 e. The van der Waals surface area contributed by atoms with Gasteiger partial charge in [-0.15, -0.1) is 23.7 Å². The average Bonchev–Trinajstić information content (AvgIpc) is 3.32. The van der Waals surface area contributed by atoms with Crippen LogP contribution in [0.3, 0.4) is 0 Å². The summed E-state index contributed by atoms with van der Waals surface area (Å²) < 4.78 is 59.3. The second kappa shape index (κ2) is 19.7. The van der Waals surface area contributed by atoms with E-state index in [4.69, 9.17) is 5.73 Å². The molecule has 3 nitrogen and oxygen atoms in total. The van der Waals surface area contributed by atoms with E-state index in [1.165, 1.54) is 37.4 Å². The van der Waals surface area contributed by atoms with Crippen molar-refractivity contribution in [3.63, 3.8) is 0 Å². The van der Waals surface area contributed by atoms with Gasteiger partial charge in [0.2, 0.25) is 0 Å². The van der Waals surface area contributed by atoms with Gasteiger partial charge in [-0.25, -0.2) is 9.37 Å². The fraction of sp³-hybridized carbons (Fsp3) is 0.333. The number of alkyl halides is 4. The molecule has 9 heteroatoms. The standard InChI is InChI=1S/C12H8F3NOS.C6H10FN.C3H4.C2H6.CH3F/c1-7(17)10-6-16-11(18-10)8-3-2-4-9(5-8)12(13,14)15;1-3-5(7)6(8)4-2;1-3-2;2*1-2/h2-6H,1H3;3-4H,8H2,1-2H3;1H,2H3;1-2H3;1H3/b;5-3+,6-4+;;;. The van der Waals surface area contributed by atoms with Crippen LogP contribution in [0.2, 0.25) is 0 Å². The van der Waals surface area contributed by atoms with Crippen LogP contribution in [0.25, 0.3) is 10.6 Å². The Balaban J connectivity index is -0.000000503. The molecule has 0 aliphatic rings. The van der Waals surface area contributed by atoms with Crippen LogP contribution in [0.5, 0.6) is 0 Å². The Morgan fingerprint density at radius 1 is 1.18 bits per heavy atom. The molecule has 0 saturated carbocycles. The maximum absolute atomic E-state index is 12.5. The smallest absolute Gasteiger partial charge is 0.397 e. The highest BCUT2D eigenvalue weighted by Gasteiger charge is 2.30. The molecule has 1 aromatic carbocycles. The van der Waals surface area contributed by atoms with Gasteiger partial charge < -0.3 is 5.73 Å². The lowest BCUT2D eigenvalue weighted by atomic mass is 10.1. The van der Waals surface area contributed by atoms with E-state index in [0.29, 0.717) is 22.6 Å². The fourth-order valence-corrected chi connectivity index (χ4v) is 2.51. The van der Waals surface area contributed by atoms with Crippen LogP contribution in [0, 0.1) is 12.3 Å². The van der Waals surface area contributed by atoms with Gasteiger partial charge >= 0.3 is 6.18 Å². The predicted octanol–water partition coefficient (Wildman–Crippen LogP) is 8.01. The van der Waals surface area contributed by atoms with Crippen molar-refractivity contribution in [2.45, 2.75) is 47.7 Å². The van der Waals surface area contributed by atoms with Crippen molar-refractivity contribution in [1.82, 2.24) is 4.98 Å². The van der Waals surface area contributed by atoms with Gasteiger partial charge in [0, 0.05) is 18.7 Å². The molecule has 0 atom stereocenters. The zero-order valence-electron chi connectivity index (χ0n) is 19.8. The first-order valence-electron chi connectivity index (χ1n) is 9.65. The highest BCUT2D eigenvalue weighted by molar-refractivity contribution is 7.16. The van der Waals surface area contributed by atoms with Crippen molar-refractivity contribution in [2.75, 3.05) is 7.18 Å². The lowest BCUT2D eigenvalue weighted by Crippen LogP contribution is -2.04. The molecular weight excluding hydrogens is 459 g/mol. The second-order valence-corrected chi connectivity index (χ2v) is 6.36. The van der Waals surface area contributed by atoms with Crippen molar-refractivity contribution in [3.05, 3.63) is 64.6 Å². The number of halogens is 5. The Morgan fingerprint density at radius 2 is 1.70 bits per heavy atom. The number of carbonyl (C=O) groups is 1. The quantitative estimate of drug-likeness (QED) is 0.205. The minimum absolute atomic E-state index is 0.147. The highest BCUT2D eigenvalue weighted by atomic mass is 32.1. The highest BCUT2D eigenvalue weighted by Crippen LogP contribution is 2.33. The number of benzene rings is 1. The molecule has 1 heterocycles. The topological polar surface area (TPSA) is 56.0 Å². The third kappa shape index (κ3) is 14.6. The summed E-state index contributed by atoms with van der Waals surface area (Å²) in [7, 11) is 0.500. The van der Waals surface area contributed by atoms with Crippen LogP contribution in [-0.2, 0) is 6.18 Å². The van der Waals surface area contributed by atoms with Crippen molar-refractivity contribution in [1.29, 1.82) is 0 Å². The van der Waals surface area contributed by atoms with Gasteiger partial charge in [-0.05, 0) is 39.0 Å². The normalized spacial score (nSPS) is 10.4. The van der Waals surface area contributed by atoms with Gasteiger partial charge in [-0.1, -0.05) is 32.1 Å². The maximum atomic E-state index is 12.5. The summed E-state index contributed by atoms with van der Waals surface area (Å²) in [5.74, 6) is 1.75. The minimum atomic E-state index is -4.38. The SMILES string of the molecule is C#CC.C/C=C(N)\C(F)=C/C.CC.CC(=O)c1cnc(-c2cccc(C(F)(F)F)c2)s1.CF. The summed E-state index contributed by atoms with van der Waals surface area (Å²) in [6.07, 6.45) is 4.45. The van der Waals surface area contributed by atoms with E-state index in [1.807, 2.05) is 13.8 Å². The van der Waals surface area contributed by atoms with E-state index < -0.39 is 11.7 Å². The molecule has 184 valence electrons. The number of carbonyl (C=O) groups excluding carboxylic acids is 1. The zero-order valence-corrected chi connectivity index (χ0v) is 20.7. The number of Topliss-reactive ketones (excluding diaryl/α,β-unsaturated/α-hetero) is 1. The molecule has 0 aliphatic carbocycles. The molecule has 0 aliphatic heterocycles. The van der Waals surface area contributed by atoms with Gasteiger partial charge in [-0.2, -0.15) is 13.2 Å². The van der Waals surface area contributed by atoms with Crippen LogP contribution < -0.4 is 5.73 Å². The van der Waals surface area contributed by atoms with Crippen LogP contribution in [0.4, 0.5) is 22.0 Å². The molecule has 0 unspecified atom stereocenters. The molecule has 2 rings (SSSR count). The minimum Gasteiger partial charge on any atom is -0.397 e. The summed E-state index contributed by atoms with van der Waals surface area (Å²) in [5.41, 5.74) is 4.99. The Kier molecular flexibility index (Phi) is 20.6. The first-order chi connectivity index (χ1) is 15.5. The van der Waals surface area contributed by atoms with Crippen molar-refractivity contribution in [2.24, 2.45) is 5.73 Å². The molecule has 33 heavy (non-hydrogen) atoms. The third-order valence-corrected chi connectivity index (χ3v) is 4.28. The predicted molar refractivity (Wildman–Crippen MR) is 128 cm³/mol. The second-order valence-electron chi connectivity index (χ2n) is 5.33. The molecule has 0 radical (unpaired) electrons. The number of ketones is 1. The molecule has 0 spiro atoms. The summed E-state index contributed by atoms with van der Waals surface area (Å²) >= 11 is 1.09. The van der Waals surface area contributed by atoms with E-state index in [9.17, 15) is 26.7 Å². The average molecular weight is 491 g/mol. The number of rotatable bonds is 3. The van der Waals surface area contributed by atoms with Crippen LogP contribution in [-0.4, -0.2) is 17.9 Å². The summed E-state index contributed by atoms with van der Waals surface area (Å²) in [5, 5.41) is 0.409. The van der Waals surface area contributed by atoms with Crippen LogP contribution in [0.1, 0.15) is 56.8 Å². The molecule has 2 N–H and O–H groups in total. The monoisotopic (exact) mass is 490 g/mol. The largest absolute Gasteiger partial charge is 0.416 e. The Morgan fingerprint density at radius 3 is 2.03 bits per heavy atom. The van der Waals surface area contributed by atoms with E-state index >= 15 is 0 Å². The number of allylic oxidation sites excluding steroid dienone is 3. The molecule has 0 amide bonds. The van der Waals surface area contributed by atoms with Crippen LogP contribution in [0.15, 0.2) is 54.1 Å². The molecule has 2 aromatic rings. The number of aromatic nitrogens is 1. The number of hydrogen-bond donors (Lipinski definition) is 1. The van der Waals surface area contributed by atoms with E-state index in [0.717, 1.165) is 23.5 Å². The Bertz CT molecular complexity index is 894. The van der Waals surface area contributed by atoms with Crippen LogP contribution >= 0.6 is 11.3 Å². The lowest BCUT2D eigenvalue weighted by molar-refractivity contribution is -0.137. The molecular formula is C24H31F5N2OS. The molecule has 0 bridgehead atoms. The molecule has 0 saturated heterocycles. The number of thiazole rings is 1. The van der Waals surface area contributed by atoms with Gasteiger partial charge in [0.15, 0.2) is 5.78 Å². The Hall–Kier alpha value is -2.99. The van der Waals surface area contributed by atoms with E-state index in [1.54, 1.807) is 20.8 Å². The Labute approximate surface area is 197 Å². The summed E-state index contributed by atoms with van der Waals surface area (Å²) in [6, 6.07) is 4.90. The number of nitrogens with zero attached hydrogens (tertiary/aromatic N) is 1. The van der Waals surface area contributed by atoms with Gasteiger partial charge in [0.1, 0.15) is 10.8 Å². The van der Waals surface area contributed by atoms with Gasteiger partial charge in [0.25, 0.3) is 0 Å². The fourth-order valence-electron chi connectivity index (χ4n) is 1.70. The number of terminal acetylenes is 1. The first kappa shape index (κ1) is 34.6. The van der Waals surface area contributed by atoms with Crippen molar-refractivity contribution < 1.29 is 26.7 Å². The lowest BCUT2D eigenvalue weighted by Gasteiger charge is -2.07. The van der Waals surface area contributed by atoms with Gasteiger partial charge in [-0.3, -0.25) is 9.18 Å². The van der Waals surface area contributed by atoms with Crippen molar-refractivity contribution >= 4 is 17.1 Å². The number of nitrogens with two attached hydrogens (primary N) is 1. The summed E-state index contributed by atoms with van der Waals surface area (Å²) in [6.45, 7) is 10.3. The molecule has 0 fully saturated rings. The van der Waals surface area contributed by atoms with Gasteiger partial charge in [0.05, 0.1) is 23.3 Å².